The summed E-state index contributed by atoms with van der Waals surface area (Å²) in [5.41, 5.74) is 20.7. The van der Waals surface area contributed by atoms with E-state index >= 15 is 0 Å². The first-order chi connectivity index (χ1) is 26.1. The van der Waals surface area contributed by atoms with Crippen LogP contribution >= 0.6 is 11.3 Å². The quantitative estimate of drug-likeness (QED) is 0.163. The van der Waals surface area contributed by atoms with E-state index in [9.17, 15) is 5.26 Å². The van der Waals surface area contributed by atoms with E-state index < -0.39 is 0 Å². The van der Waals surface area contributed by atoms with E-state index in [1.165, 1.54) is 31.3 Å². The molecule has 0 atom stereocenters. The van der Waals surface area contributed by atoms with Crippen molar-refractivity contribution in [3.8, 4) is 61.7 Å². The van der Waals surface area contributed by atoms with Gasteiger partial charge in [-0.05, 0) is 105 Å². The SMILES string of the molecule is N#Cc1cccc(Nc2ccc(-c3cccc(-c4cccc(-c5ccccc5N)c4)c3)cc2-c2cccc(-c3cccc4c3sc3ccccc34)c2)c1. The average molecular weight is 696 g/mol. The maximum absolute atomic E-state index is 9.59. The third kappa shape index (κ3) is 6.21. The molecule has 0 unspecified atom stereocenters. The Balaban J connectivity index is 1.15. The van der Waals surface area contributed by atoms with Crippen molar-refractivity contribution < 1.29 is 0 Å². The molecule has 0 aliphatic heterocycles. The van der Waals surface area contributed by atoms with Gasteiger partial charge in [0.2, 0.25) is 0 Å². The predicted octanol–water partition coefficient (Wildman–Crippen LogP) is 13.6. The Bertz CT molecular complexity index is 2860. The van der Waals surface area contributed by atoms with Gasteiger partial charge in [0.1, 0.15) is 0 Å². The number of benzene rings is 8. The lowest BCUT2D eigenvalue weighted by molar-refractivity contribution is 1.47. The van der Waals surface area contributed by atoms with E-state index in [1.807, 2.05) is 53.8 Å². The van der Waals surface area contributed by atoms with Crippen LogP contribution in [0.2, 0.25) is 0 Å². The van der Waals surface area contributed by atoms with E-state index in [2.05, 4.69) is 151 Å². The first kappa shape index (κ1) is 32.0. The van der Waals surface area contributed by atoms with Crippen LogP contribution < -0.4 is 11.1 Å². The van der Waals surface area contributed by atoms with Crippen molar-refractivity contribution in [2.45, 2.75) is 0 Å². The van der Waals surface area contributed by atoms with Crippen LogP contribution in [-0.2, 0) is 0 Å². The minimum absolute atomic E-state index is 0.613. The molecule has 9 rings (SSSR count). The van der Waals surface area contributed by atoms with Gasteiger partial charge in [0, 0.05) is 48.4 Å². The lowest BCUT2D eigenvalue weighted by Crippen LogP contribution is -1.95. The highest BCUT2D eigenvalue weighted by atomic mass is 32.1. The molecular weight excluding hydrogens is 663 g/mol. The summed E-state index contributed by atoms with van der Waals surface area (Å²) in [4.78, 5) is 0. The second kappa shape index (κ2) is 13.7. The van der Waals surface area contributed by atoms with Gasteiger partial charge in [-0.2, -0.15) is 5.26 Å². The Morgan fingerprint density at radius 3 is 1.79 bits per heavy atom. The first-order valence-electron chi connectivity index (χ1n) is 17.6. The molecule has 0 spiro atoms. The fraction of sp³-hybridized carbons (Fsp3) is 0. The molecule has 0 radical (unpaired) electrons. The number of hydrogen-bond acceptors (Lipinski definition) is 4. The Morgan fingerprint density at radius 1 is 0.453 bits per heavy atom. The maximum Gasteiger partial charge on any atom is 0.0992 e. The highest BCUT2D eigenvalue weighted by Gasteiger charge is 2.14. The maximum atomic E-state index is 9.59. The van der Waals surface area contributed by atoms with Gasteiger partial charge >= 0.3 is 0 Å². The molecule has 3 nitrogen and oxygen atoms in total. The number of para-hydroxylation sites is 1. The zero-order valence-electron chi connectivity index (χ0n) is 28.8. The van der Waals surface area contributed by atoms with Crippen molar-refractivity contribution in [1.82, 2.24) is 0 Å². The van der Waals surface area contributed by atoms with Gasteiger partial charge in [0.25, 0.3) is 0 Å². The Morgan fingerprint density at radius 2 is 1.02 bits per heavy atom. The number of hydrogen-bond donors (Lipinski definition) is 2. The minimum atomic E-state index is 0.613. The molecule has 0 aliphatic rings. The standard InChI is InChI=1S/C49H33N3S/c50-31-32-10-5-17-40(26-32)52-47-25-24-36(34-12-6-11-33(27-34)35-13-7-14-37(28-35)41-18-1-3-22-46(41)51)30-45(47)39-16-8-15-38(29-39)42-20-9-21-44-43-19-2-4-23-48(43)53-49(42)44/h1-30,52H,51H2. The van der Waals surface area contributed by atoms with Crippen molar-refractivity contribution in [2.75, 3.05) is 11.1 Å². The van der Waals surface area contributed by atoms with Crippen LogP contribution in [0.4, 0.5) is 17.1 Å². The molecule has 0 fully saturated rings. The van der Waals surface area contributed by atoms with Crippen LogP contribution in [0.15, 0.2) is 182 Å². The number of nitrogen functional groups attached to an aromatic ring is 1. The van der Waals surface area contributed by atoms with Crippen LogP contribution in [0.1, 0.15) is 5.56 Å². The minimum Gasteiger partial charge on any atom is -0.398 e. The predicted molar refractivity (Wildman–Crippen MR) is 225 cm³/mol. The summed E-state index contributed by atoms with van der Waals surface area (Å²) in [6.45, 7) is 0. The molecule has 0 amide bonds. The van der Waals surface area contributed by atoms with Gasteiger partial charge in [-0.25, -0.2) is 0 Å². The second-order valence-corrected chi connectivity index (χ2v) is 14.2. The average Bonchev–Trinajstić information content (AvgIpc) is 3.60. The van der Waals surface area contributed by atoms with E-state index in [0.717, 1.165) is 61.6 Å². The fourth-order valence-electron chi connectivity index (χ4n) is 7.23. The largest absolute Gasteiger partial charge is 0.398 e. The van der Waals surface area contributed by atoms with E-state index in [1.54, 1.807) is 0 Å². The van der Waals surface area contributed by atoms with Gasteiger partial charge in [-0.15, -0.1) is 11.3 Å². The monoisotopic (exact) mass is 695 g/mol. The normalized spacial score (nSPS) is 11.1. The summed E-state index contributed by atoms with van der Waals surface area (Å²) in [6.07, 6.45) is 0. The number of nitrogens with two attached hydrogens (primary N) is 1. The van der Waals surface area contributed by atoms with Gasteiger partial charge in [-0.3, -0.25) is 0 Å². The van der Waals surface area contributed by atoms with Crippen LogP contribution in [0.25, 0.3) is 75.8 Å². The van der Waals surface area contributed by atoms with Gasteiger partial charge in [-0.1, -0.05) is 121 Å². The zero-order chi connectivity index (χ0) is 35.7. The second-order valence-electron chi connectivity index (χ2n) is 13.2. The zero-order valence-corrected chi connectivity index (χ0v) is 29.6. The molecule has 1 heterocycles. The highest BCUT2D eigenvalue weighted by Crippen LogP contribution is 2.42. The third-order valence-corrected chi connectivity index (χ3v) is 11.1. The number of anilines is 3. The van der Waals surface area contributed by atoms with E-state index in [-0.39, 0.29) is 0 Å². The van der Waals surface area contributed by atoms with E-state index in [0.29, 0.717) is 5.56 Å². The van der Waals surface area contributed by atoms with Crippen molar-refractivity contribution in [3.05, 3.63) is 188 Å². The molecule has 9 aromatic rings. The fourth-order valence-corrected chi connectivity index (χ4v) is 8.47. The lowest BCUT2D eigenvalue weighted by Gasteiger charge is -2.16. The molecule has 0 saturated carbocycles. The molecule has 53 heavy (non-hydrogen) atoms. The summed E-state index contributed by atoms with van der Waals surface area (Å²) in [5, 5.41) is 15.8. The van der Waals surface area contributed by atoms with Crippen LogP contribution in [0, 0.1) is 11.3 Å². The third-order valence-electron chi connectivity index (χ3n) is 9.84. The molecular formula is C49H33N3S. The number of fused-ring (bicyclic) bond motifs is 3. The number of nitrogens with zero attached hydrogens (tertiary/aromatic N) is 1. The Labute approximate surface area is 312 Å². The molecule has 0 bridgehead atoms. The van der Waals surface area contributed by atoms with E-state index in [4.69, 9.17) is 5.73 Å². The smallest absolute Gasteiger partial charge is 0.0992 e. The van der Waals surface area contributed by atoms with Crippen molar-refractivity contribution in [2.24, 2.45) is 0 Å². The summed E-state index contributed by atoms with van der Waals surface area (Å²) in [6, 6.07) is 65.8. The Kier molecular flexibility index (Phi) is 8.25. The first-order valence-corrected chi connectivity index (χ1v) is 18.4. The van der Waals surface area contributed by atoms with Crippen molar-refractivity contribution in [1.29, 1.82) is 5.26 Å². The molecule has 3 N–H and O–H groups in total. The number of thiophene rings is 1. The number of rotatable bonds is 7. The number of nitriles is 1. The van der Waals surface area contributed by atoms with Crippen LogP contribution in [0.5, 0.6) is 0 Å². The lowest BCUT2D eigenvalue weighted by atomic mass is 9.92. The topological polar surface area (TPSA) is 61.8 Å². The molecule has 0 aliphatic carbocycles. The molecule has 250 valence electrons. The molecule has 4 heteroatoms. The van der Waals surface area contributed by atoms with Crippen molar-refractivity contribution in [3.63, 3.8) is 0 Å². The highest BCUT2D eigenvalue weighted by molar-refractivity contribution is 7.26. The summed E-state index contributed by atoms with van der Waals surface area (Å²) in [5.74, 6) is 0. The van der Waals surface area contributed by atoms with Gasteiger partial charge < -0.3 is 11.1 Å². The summed E-state index contributed by atoms with van der Waals surface area (Å²) >= 11 is 1.85. The van der Waals surface area contributed by atoms with Crippen LogP contribution in [-0.4, -0.2) is 0 Å². The molecule has 1 aromatic heterocycles. The Hall–Kier alpha value is -6.93. The molecule has 8 aromatic carbocycles. The van der Waals surface area contributed by atoms with Crippen LogP contribution in [0.3, 0.4) is 0 Å². The number of nitrogens with one attached hydrogen (secondary N) is 1. The van der Waals surface area contributed by atoms with Gasteiger partial charge in [0.05, 0.1) is 11.6 Å². The van der Waals surface area contributed by atoms with Crippen molar-refractivity contribution >= 4 is 48.6 Å². The summed E-state index contributed by atoms with van der Waals surface area (Å²) < 4.78 is 2.59. The summed E-state index contributed by atoms with van der Waals surface area (Å²) in [7, 11) is 0. The molecule has 0 saturated heterocycles. The van der Waals surface area contributed by atoms with Gasteiger partial charge in [0.15, 0.2) is 0 Å².